The predicted octanol–water partition coefficient (Wildman–Crippen LogP) is 2.06. The number of rotatable bonds is 5. The molecule has 164 valence electrons. The molecule has 4 rings (SSSR count). The fourth-order valence-electron chi connectivity index (χ4n) is 3.68. The van der Waals surface area contributed by atoms with Crippen LogP contribution in [0.2, 0.25) is 0 Å². The van der Waals surface area contributed by atoms with Gasteiger partial charge in [0, 0.05) is 32.2 Å². The van der Waals surface area contributed by atoms with E-state index in [1.807, 2.05) is 17.9 Å². The van der Waals surface area contributed by atoms with Gasteiger partial charge in [0.05, 0.1) is 17.1 Å². The van der Waals surface area contributed by atoms with Crippen molar-refractivity contribution in [3.05, 3.63) is 65.0 Å². The van der Waals surface area contributed by atoms with Gasteiger partial charge < -0.3 is 0 Å². The van der Waals surface area contributed by atoms with Gasteiger partial charge in [0.1, 0.15) is 0 Å². The molecule has 0 bridgehead atoms. The Labute approximate surface area is 179 Å². The van der Waals surface area contributed by atoms with Crippen LogP contribution in [0.1, 0.15) is 17.0 Å². The Morgan fingerprint density at radius 2 is 1.71 bits per heavy atom. The second kappa shape index (κ2) is 8.40. The van der Waals surface area contributed by atoms with Gasteiger partial charge in [-0.15, -0.1) is 5.10 Å². The van der Waals surface area contributed by atoms with Crippen LogP contribution >= 0.6 is 0 Å². The van der Waals surface area contributed by atoms with Crippen molar-refractivity contribution in [1.82, 2.24) is 29.4 Å². The van der Waals surface area contributed by atoms with E-state index in [2.05, 4.69) is 15.5 Å². The van der Waals surface area contributed by atoms with Crippen LogP contribution in [0.15, 0.2) is 41.3 Å². The van der Waals surface area contributed by atoms with E-state index in [0.717, 1.165) is 23.3 Å². The Balaban J connectivity index is 1.45. The molecule has 0 amide bonds. The van der Waals surface area contributed by atoms with Crippen LogP contribution in [0.25, 0.3) is 5.69 Å². The number of nitrogens with zero attached hydrogens (tertiary/aromatic N) is 6. The van der Waals surface area contributed by atoms with E-state index in [0.29, 0.717) is 49.1 Å². The predicted molar refractivity (Wildman–Crippen MR) is 109 cm³/mol. The molecule has 1 aliphatic rings. The number of aromatic nitrogens is 4. The van der Waals surface area contributed by atoms with E-state index in [4.69, 9.17) is 0 Å². The largest absolute Gasteiger partial charge is 0.293 e. The lowest BCUT2D eigenvalue weighted by atomic mass is 10.2. The Morgan fingerprint density at radius 1 is 0.968 bits per heavy atom. The molecular weight excluding hydrogens is 426 g/mol. The van der Waals surface area contributed by atoms with Crippen molar-refractivity contribution in [2.75, 3.05) is 26.2 Å². The highest BCUT2D eigenvalue weighted by Gasteiger charge is 2.30. The molecule has 1 saturated heterocycles. The highest BCUT2D eigenvalue weighted by molar-refractivity contribution is 7.89. The molecule has 1 aliphatic heterocycles. The minimum Gasteiger partial charge on any atom is -0.293 e. The van der Waals surface area contributed by atoms with E-state index < -0.39 is 21.7 Å². The zero-order valence-corrected chi connectivity index (χ0v) is 18.0. The standard InChI is InChI=1S/C20H22F2N6O2S/c1-14-3-6-19(15(2)11-14)31(29,30)27-9-7-26(8-10-27)13-20-23-24-25-28(20)16-4-5-17(21)18(22)12-16/h3-6,11-12H,7-10,13H2,1-2H3. The monoisotopic (exact) mass is 448 g/mol. The molecular formula is C20H22F2N6O2S. The number of piperazine rings is 1. The number of halogens is 2. The third kappa shape index (κ3) is 4.34. The lowest BCUT2D eigenvalue weighted by molar-refractivity contribution is 0.177. The van der Waals surface area contributed by atoms with Gasteiger partial charge in [-0.2, -0.15) is 8.99 Å². The van der Waals surface area contributed by atoms with E-state index in [1.54, 1.807) is 19.1 Å². The van der Waals surface area contributed by atoms with Crippen LogP contribution in [-0.4, -0.2) is 64.0 Å². The second-order valence-corrected chi connectivity index (χ2v) is 9.46. The van der Waals surface area contributed by atoms with Crippen LogP contribution in [0.5, 0.6) is 0 Å². The Kier molecular flexibility index (Phi) is 5.82. The number of hydrogen-bond donors (Lipinski definition) is 0. The van der Waals surface area contributed by atoms with Gasteiger partial charge in [-0.3, -0.25) is 4.90 Å². The average Bonchev–Trinajstić information content (AvgIpc) is 3.18. The van der Waals surface area contributed by atoms with Crippen LogP contribution < -0.4 is 0 Å². The van der Waals surface area contributed by atoms with Gasteiger partial charge in [0.15, 0.2) is 17.5 Å². The zero-order chi connectivity index (χ0) is 22.2. The summed E-state index contributed by atoms with van der Waals surface area (Å²) in [4.78, 5) is 2.35. The van der Waals surface area contributed by atoms with Crippen molar-refractivity contribution in [1.29, 1.82) is 0 Å². The average molecular weight is 448 g/mol. The molecule has 8 nitrogen and oxygen atoms in total. The fourth-order valence-corrected chi connectivity index (χ4v) is 5.31. The SMILES string of the molecule is Cc1ccc(S(=O)(=O)N2CCN(Cc3nnnn3-c3ccc(F)c(F)c3)CC2)c(C)c1. The summed E-state index contributed by atoms with van der Waals surface area (Å²) in [6.07, 6.45) is 0. The van der Waals surface area contributed by atoms with Gasteiger partial charge in [-0.05, 0) is 48.0 Å². The molecule has 0 radical (unpaired) electrons. The normalized spacial score (nSPS) is 16.0. The van der Waals surface area contributed by atoms with Crippen LogP contribution in [0.4, 0.5) is 8.78 Å². The summed E-state index contributed by atoms with van der Waals surface area (Å²) < 4.78 is 55.7. The smallest absolute Gasteiger partial charge is 0.243 e. The summed E-state index contributed by atoms with van der Waals surface area (Å²) in [7, 11) is -3.57. The summed E-state index contributed by atoms with van der Waals surface area (Å²) in [6, 6.07) is 8.76. The van der Waals surface area contributed by atoms with Gasteiger partial charge in [0.25, 0.3) is 0 Å². The minimum atomic E-state index is -3.57. The van der Waals surface area contributed by atoms with Crippen molar-refractivity contribution in [2.24, 2.45) is 0 Å². The first kappa shape index (κ1) is 21.5. The lowest BCUT2D eigenvalue weighted by Gasteiger charge is -2.33. The minimum absolute atomic E-state index is 0.315. The molecule has 3 aromatic rings. The maximum Gasteiger partial charge on any atom is 0.243 e. The molecule has 1 fully saturated rings. The molecule has 0 N–H and O–H groups in total. The highest BCUT2D eigenvalue weighted by atomic mass is 32.2. The second-order valence-electron chi connectivity index (χ2n) is 7.55. The maximum absolute atomic E-state index is 13.6. The van der Waals surface area contributed by atoms with Crippen molar-refractivity contribution in [3.8, 4) is 5.69 Å². The third-order valence-corrected chi connectivity index (χ3v) is 7.39. The van der Waals surface area contributed by atoms with Crippen molar-refractivity contribution in [3.63, 3.8) is 0 Å². The molecule has 11 heteroatoms. The van der Waals surface area contributed by atoms with Gasteiger partial charge >= 0.3 is 0 Å². The topological polar surface area (TPSA) is 84.2 Å². The Bertz CT molecular complexity index is 1210. The van der Waals surface area contributed by atoms with E-state index in [-0.39, 0.29) is 0 Å². The summed E-state index contributed by atoms with van der Waals surface area (Å²) in [6.45, 7) is 5.74. The molecule has 2 heterocycles. The van der Waals surface area contributed by atoms with Crippen molar-refractivity contribution >= 4 is 10.0 Å². The molecule has 31 heavy (non-hydrogen) atoms. The molecule has 0 atom stereocenters. The lowest BCUT2D eigenvalue weighted by Crippen LogP contribution is -2.48. The molecule has 0 spiro atoms. The van der Waals surface area contributed by atoms with E-state index in [1.165, 1.54) is 15.1 Å². The van der Waals surface area contributed by atoms with Crippen LogP contribution in [0, 0.1) is 25.5 Å². The zero-order valence-electron chi connectivity index (χ0n) is 17.2. The van der Waals surface area contributed by atoms with Crippen LogP contribution in [-0.2, 0) is 16.6 Å². The summed E-state index contributed by atoms with van der Waals surface area (Å²) in [5.41, 5.74) is 2.06. The molecule has 2 aromatic carbocycles. The summed E-state index contributed by atoms with van der Waals surface area (Å²) >= 11 is 0. The fraction of sp³-hybridized carbons (Fsp3) is 0.350. The molecule has 0 unspecified atom stereocenters. The third-order valence-electron chi connectivity index (χ3n) is 5.33. The summed E-state index contributed by atoms with van der Waals surface area (Å²) in [5.74, 6) is -1.47. The first-order chi connectivity index (χ1) is 14.8. The van der Waals surface area contributed by atoms with Crippen LogP contribution in [0.3, 0.4) is 0 Å². The van der Waals surface area contributed by atoms with E-state index in [9.17, 15) is 17.2 Å². The van der Waals surface area contributed by atoms with Gasteiger partial charge in [-0.25, -0.2) is 17.2 Å². The number of aryl methyl sites for hydroxylation is 2. The van der Waals surface area contributed by atoms with Gasteiger partial charge in [-0.1, -0.05) is 17.7 Å². The highest BCUT2D eigenvalue weighted by Crippen LogP contribution is 2.22. The Hall–Kier alpha value is -2.76. The molecule has 1 aromatic heterocycles. The number of sulfonamides is 1. The van der Waals surface area contributed by atoms with Crippen molar-refractivity contribution < 1.29 is 17.2 Å². The number of hydrogen-bond acceptors (Lipinski definition) is 6. The number of benzene rings is 2. The quantitative estimate of drug-likeness (QED) is 0.594. The van der Waals surface area contributed by atoms with E-state index >= 15 is 0 Å². The van der Waals surface area contributed by atoms with Crippen molar-refractivity contribution in [2.45, 2.75) is 25.3 Å². The molecule has 0 aliphatic carbocycles. The Morgan fingerprint density at radius 3 is 2.39 bits per heavy atom. The first-order valence-electron chi connectivity index (χ1n) is 9.78. The summed E-state index contributed by atoms with van der Waals surface area (Å²) in [5, 5.41) is 11.5. The maximum atomic E-state index is 13.6. The number of tetrazole rings is 1. The van der Waals surface area contributed by atoms with Gasteiger partial charge in [0.2, 0.25) is 10.0 Å². The molecule has 0 saturated carbocycles. The first-order valence-corrected chi connectivity index (χ1v) is 11.2.